The van der Waals surface area contributed by atoms with Crippen molar-refractivity contribution in [3.8, 4) is 0 Å². The molecule has 32 heavy (non-hydrogen) atoms. The number of amides is 2. The lowest BCUT2D eigenvalue weighted by atomic mass is 10.0. The number of carbonyl (C=O) groups excluding carboxylic acids is 2. The first-order chi connectivity index (χ1) is 15.2. The number of carbonyl (C=O) groups is 2. The van der Waals surface area contributed by atoms with Gasteiger partial charge >= 0.3 is 0 Å². The molecule has 1 aliphatic heterocycles. The summed E-state index contributed by atoms with van der Waals surface area (Å²) in [5.41, 5.74) is 2.35. The van der Waals surface area contributed by atoms with Gasteiger partial charge in [-0.05, 0) is 47.7 Å². The fraction of sp³-hybridized carbons (Fsp3) is 0.391. The summed E-state index contributed by atoms with van der Waals surface area (Å²) in [6.07, 6.45) is 0.877. The number of sulfone groups is 1. The average molecular weight is 476 g/mol. The smallest absolute Gasteiger partial charge is 0.241 e. The fourth-order valence-electron chi connectivity index (χ4n) is 3.36. The quantitative estimate of drug-likeness (QED) is 0.542. The number of nitrogens with one attached hydrogen (secondary N) is 3. The normalized spacial score (nSPS) is 18.9. The molecular weight excluding hydrogens is 446 g/mol. The third-order valence-electron chi connectivity index (χ3n) is 5.30. The van der Waals surface area contributed by atoms with Gasteiger partial charge in [0.15, 0.2) is 15.1 Å². The number of benzene rings is 2. The molecular formula is C23H29N3O4S2. The summed E-state index contributed by atoms with van der Waals surface area (Å²) in [4.78, 5) is 24.9. The molecule has 0 aromatic heterocycles. The highest BCUT2D eigenvalue weighted by atomic mass is 32.2. The Labute approximate surface area is 193 Å². The van der Waals surface area contributed by atoms with Crippen molar-refractivity contribution in [2.24, 2.45) is 0 Å². The Balaban J connectivity index is 1.54. The molecule has 2 aromatic carbocycles. The maximum atomic E-state index is 12.9. The van der Waals surface area contributed by atoms with Gasteiger partial charge in [-0.1, -0.05) is 45.0 Å². The summed E-state index contributed by atoms with van der Waals surface area (Å²) in [5.74, 6) is -0.357. The first-order valence-electron chi connectivity index (χ1n) is 10.6. The largest absolute Gasteiger partial charge is 0.331 e. The highest BCUT2D eigenvalue weighted by molar-refractivity contribution is 8.00. The predicted octanol–water partition coefficient (Wildman–Crippen LogP) is 2.89. The van der Waals surface area contributed by atoms with Crippen LogP contribution in [0.5, 0.6) is 0 Å². The maximum Gasteiger partial charge on any atom is 0.241 e. The van der Waals surface area contributed by atoms with E-state index in [1.165, 1.54) is 11.8 Å². The van der Waals surface area contributed by atoms with E-state index in [9.17, 15) is 18.0 Å². The molecule has 3 N–H and O–H groups in total. The lowest BCUT2D eigenvalue weighted by Crippen LogP contribution is -2.59. The Morgan fingerprint density at radius 1 is 1.19 bits per heavy atom. The molecule has 2 atom stereocenters. The van der Waals surface area contributed by atoms with E-state index in [0.29, 0.717) is 0 Å². The number of rotatable bonds is 8. The van der Waals surface area contributed by atoms with E-state index in [-0.39, 0.29) is 29.0 Å². The molecule has 0 bridgehead atoms. The highest BCUT2D eigenvalue weighted by Gasteiger charge is 2.38. The van der Waals surface area contributed by atoms with E-state index >= 15 is 0 Å². The third kappa shape index (κ3) is 5.90. The second-order valence-corrected chi connectivity index (χ2v) is 11.2. The summed E-state index contributed by atoms with van der Waals surface area (Å²) in [7, 11) is -3.82. The van der Waals surface area contributed by atoms with Gasteiger partial charge in [-0.25, -0.2) is 8.42 Å². The van der Waals surface area contributed by atoms with Crippen LogP contribution in [0.15, 0.2) is 53.4 Å². The van der Waals surface area contributed by atoms with Crippen LogP contribution < -0.4 is 16.0 Å². The number of thioether (sulfide) groups is 1. The lowest BCUT2D eigenvalue weighted by Gasteiger charge is -2.29. The zero-order valence-electron chi connectivity index (χ0n) is 18.4. The van der Waals surface area contributed by atoms with Crippen molar-refractivity contribution < 1.29 is 18.0 Å². The summed E-state index contributed by atoms with van der Waals surface area (Å²) >= 11 is 1.20. The minimum absolute atomic E-state index is 0.0159. The summed E-state index contributed by atoms with van der Waals surface area (Å²) < 4.78 is 25.9. The van der Waals surface area contributed by atoms with Crippen LogP contribution >= 0.6 is 11.8 Å². The Bertz CT molecular complexity index is 1070. The SMILES string of the molecule is CCc1cccc(NC(=O)CSC2NCC(S(=O)(=O)c3ccc(C(C)C)cc3)C(=O)N2)c1. The number of anilines is 1. The van der Waals surface area contributed by atoms with Gasteiger partial charge in [0.25, 0.3) is 0 Å². The van der Waals surface area contributed by atoms with Crippen molar-refractivity contribution in [1.29, 1.82) is 0 Å². The Morgan fingerprint density at radius 3 is 2.53 bits per heavy atom. The van der Waals surface area contributed by atoms with Crippen LogP contribution in [0.2, 0.25) is 0 Å². The number of hydrogen-bond acceptors (Lipinski definition) is 6. The van der Waals surface area contributed by atoms with Gasteiger partial charge in [-0.2, -0.15) is 0 Å². The maximum absolute atomic E-state index is 12.9. The second kappa shape index (κ2) is 10.5. The van der Waals surface area contributed by atoms with Gasteiger partial charge in [0, 0.05) is 12.2 Å². The zero-order valence-corrected chi connectivity index (χ0v) is 20.1. The summed E-state index contributed by atoms with van der Waals surface area (Å²) in [6, 6.07) is 14.3. The summed E-state index contributed by atoms with van der Waals surface area (Å²) in [5, 5.41) is 7.30. The standard InChI is InChI=1S/C23H29N3O4S2/c1-4-16-6-5-7-18(12-16)25-21(27)14-31-23-24-13-20(22(28)26-23)32(29,30)19-10-8-17(9-11-19)15(2)3/h5-12,15,20,23-24H,4,13-14H2,1-3H3,(H,25,27)(H,26,28). The zero-order chi connectivity index (χ0) is 23.3. The molecule has 0 spiro atoms. The number of aryl methyl sites for hydroxylation is 1. The minimum atomic E-state index is -3.82. The highest BCUT2D eigenvalue weighted by Crippen LogP contribution is 2.22. The van der Waals surface area contributed by atoms with Crippen molar-refractivity contribution in [3.05, 3.63) is 59.7 Å². The molecule has 2 unspecified atom stereocenters. The molecule has 0 radical (unpaired) electrons. The predicted molar refractivity (Wildman–Crippen MR) is 128 cm³/mol. The number of hydrogen-bond donors (Lipinski definition) is 3. The minimum Gasteiger partial charge on any atom is -0.331 e. The monoisotopic (exact) mass is 475 g/mol. The first kappa shape index (κ1) is 24.3. The van der Waals surface area contributed by atoms with Crippen LogP contribution in [-0.2, 0) is 25.8 Å². The molecule has 3 rings (SSSR count). The van der Waals surface area contributed by atoms with Crippen molar-refractivity contribution in [3.63, 3.8) is 0 Å². The fourth-order valence-corrected chi connectivity index (χ4v) is 5.68. The van der Waals surface area contributed by atoms with Crippen LogP contribution in [0, 0.1) is 0 Å². The Hall–Kier alpha value is -2.36. The molecule has 1 saturated heterocycles. The molecule has 2 aromatic rings. The van der Waals surface area contributed by atoms with E-state index in [2.05, 4.69) is 16.0 Å². The molecule has 1 heterocycles. The molecule has 1 fully saturated rings. The van der Waals surface area contributed by atoms with Crippen LogP contribution in [0.4, 0.5) is 5.69 Å². The van der Waals surface area contributed by atoms with Crippen molar-refractivity contribution >= 4 is 39.1 Å². The Kier molecular flexibility index (Phi) is 7.97. The molecule has 9 heteroatoms. The van der Waals surface area contributed by atoms with Crippen LogP contribution in [-0.4, -0.2) is 43.3 Å². The molecule has 1 aliphatic rings. The van der Waals surface area contributed by atoms with Gasteiger partial charge in [-0.15, -0.1) is 11.8 Å². The van der Waals surface area contributed by atoms with Crippen LogP contribution in [0.3, 0.4) is 0 Å². The molecule has 0 saturated carbocycles. The third-order valence-corrected chi connectivity index (χ3v) is 8.41. The van der Waals surface area contributed by atoms with E-state index in [4.69, 9.17) is 0 Å². The first-order valence-corrected chi connectivity index (χ1v) is 13.2. The molecule has 7 nitrogen and oxygen atoms in total. The molecule has 0 aliphatic carbocycles. The van der Waals surface area contributed by atoms with Gasteiger partial charge in [0.2, 0.25) is 11.8 Å². The van der Waals surface area contributed by atoms with Crippen molar-refractivity contribution in [2.75, 3.05) is 17.6 Å². The van der Waals surface area contributed by atoms with Gasteiger partial charge in [-0.3, -0.25) is 14.9 Å². The topological polar surface area (TPSA) is 104 Å². The van der Waals surface area contributed by atoms with E-state index < -0.39 is 26.5 Å². The Morgan fingerprint density at radius 2 is 1.91 bits per heavy atom. The molecule has 2 amide bonds. The summed E-state index contributed by atoms with van der Waals surface area (Å²) in [6.45, 7) is 6.09. The van der Waals surface area contributed by atoms with Crippen LogP contribution in [0.1, 0.15) is 37.8 Å². The van der Waals surface area contributed by atoms with Crippen LogP contribution in [0.25, 0.3) is 0 Å². The van der Waals surface area contributed by atoms with Gasteiger partial charge < -0.3 is 10.6 Å². The van der Waals surface area contributed by atoms with E-state index in [1.807, 2.05) is 45.0 Å². The van der Waals surface area contributed by atoms with E-state index in [0.717, 1.165) is 23.2 Å². The average Bonchev–Trinajstić information content (AvgIpc) is 2.77. The second-order valence-electron chi connectivity index (χ2n) is 7.97. The van der Waals surface area contributed by atoms with Crippen molar-refractivity contribution in [2.45, 2.75) is 48.8 Å². The lowest BCUT2D eigenvalue weighted by molar-refractivity contribution is -0.122. The van der Waals surface area contributed by atoms with Gasteiger partial charge in [0.1, 0.15) is 5.50 Å². The molecule has 172 valence electrons. The van der Waals surface area contributed by atoms with Gasteiger partial charge in [0.05, 0.1) is 10.6 Å². The van der Waals surface area contributed by atoms with E-state index in [1.54, 1.807) is 24.3 Å². The van der Waals surface area contributed by atoms with Crippen molar-refractivity contribution in [1.82, 2.24) is 10.6 Å².